The highest BCUT2D eigenvalue weighted by Gasteiger charge is 2.19. The first-order valence-corrected chi connectivity index (χ1v) is 6.29. The van der Waals surface area contributed by atoms with Crippen LogP contribution >= 0.6 is 0 Å². The molecule has 0 aromatic heterocycles. The summed E-state index contributed by atoms with van der Waals surface area (Å²) in [4.78, 5) is 2.41. The minimum Gasteiger partial charge on any atom is -0.392 e. The summed E-state index contributed by atoms with van der Waals surface area (Å²) in [5.41, 5.74) is 2.28. The van der Waals surface area contributed by atoms with Crippen molar-refractivity contribution in [2.75, 3.05) is 18.0 Å². The average Bonchev–Trinajstić information content (AvgIpc) is 2.39. The number of para-hydroxylation sites is 1. The van der Waals surface area contributed by atoms with Crippen molar-refractivity contribution in [3.05, 3.63) is 29.8 Å². The van der Waals surface area contributed by atoms with Crippen LogP contribution in [0.15, 0.2) is 24.3 Å². The molecular weight excluding hydrogens is 198 g/mol. The number of aliphatic hydroxyl groups is 1. The molecule has 0 radical (unpaired) electrons. The molecule has 1 aliphatic heterocycles. The number of hydrogen-bond donors (Lipinski definition) is 1. The van der Waals surface area contributed by atoms with Crippen LogP contribution in [0.4, 0.5) is 5.69 Å². The van der Waals surface area contributed by atoms with Gasteiger partial charge in [-0.1, -0.05) is 31.5 Å². The lowest BCUT2D eigenvalue weighted by Crippen LogP contribution is -2.34. The van der Waals surface area contributed by atoms with Gasteiger partial charge in [0.25, 0.3) is 0 Å². The second-order valence-corrected chi connectivity index (χ2v) is 4.63. The van der Waals surface area contributed by atoms with E-state index in [9.17, 15) is 5.11 Å². The van der Waals surface area contributed by atoms with Gasteiger partial charge < -0.3 is 10.0 Å². The zero-order chi connectivity index (χ0) is 11.4. The van der Waals surface area contributed by atoms with E-state index in [1.807, 2.05) is 12.1 Å². The molecule has 1 fully saturated rings. The molecule has 2 rings (SSSR count). The predicted molar refractivity (Wildman–Crippen MR) is 67.6 cm³/mol. The Labute approximate surface area is 97.9 Å². The third-order valence-corrected chi connectivity index (χ3v) is 3.69. The number of aliphatic hydroxyl groups excluding tert-OH is 1. The first-order chi connectivity index (χ1) is 7.85. The van der Waals surface area contributed by atoms with Gasteiger partial charge in [0.15, 0.2) is 0 Å². The SMILES string of the molecule is CCC1CCN(c2ccccc2CO)CC1. The molecule has 0 amide bonds. The van der Waals surface area contributed by atoms with Gasteiger partial charge in [0.05, 0.1) is 6.61 Å². The molecule has 0 spiro atoms. The molecule has 0 unspecified atom stereocenters. The van der Waals surface area contributed by atoms with Crippen LogP contribution in [-0.4, -0.2) is 18.2 Å². The maximum Gasteiger partial charge on any atom is 0.0702 e. The monoisotopic (exact) mass is 219 g/mol. The van der Waals surface area contributed by atoms with Crippen molar-refractivity contribution in [3.63, 3.8) is 0 Å². The molecule has 88 valence electrons. The van der Waals surface area contributed by atoms with E-state index in [1.54, 1.807) is 0 Å². The number of hydrogen-bond acceptors (Lipinski definition) is 2. The number of piperidine rings is 1. The molecule has 1 aliphatic rings. The van der Waals surface area contributed by atoms with Crippen molar-refractivity contribution in [2.45, 2.75) is 32.8 Å². The molecule has 1 N–H and O–H groups in total. The lowest BCUT2D eigenvalue weighted by molar-refractivity contribution is 0.281. The van der Waals surface area contributed by atoms with Crippen LogP contribution in [0.3, 0.4) is 0 Å². The van der Waals surface area contributed by atoms with E-state index in [0.29, 0.717) is 0 Å². The van der Waals surface area contributed by atoms with Crippen LogP contribution in [0, 0.1) is 5.92 Å². The Hall–Kier alpha value is -1.02. The smallest absolute Gasteiger partial charge is 0.0702 e. The summed E-state index contributed by atoms with van der Waals surface area (Å²) in [6, 6.07) is 8.19. The normalized spacial score (nSPS) is 17.8. The summed E-state index contributed by atoms with van der Waals surface area (Å²) in [6.45, 7) is 4.69. The molecule has 0 bridgehead atoms. The third-order valence-electron chi connectivity index (χ3n) is 3.69. The fourth-order valence-electron chi connectivity index (χ4n) is 2.54. The van der Waals surface area contributed by atoms with Crippen molar-refractivity contribution >= 4 is 5.69 Å². The highest BCUT2D eigenvalue weighted by Crippen LogP contribution is 2.27. The topological polar surface area (TPSA) is 23.5 Å². The highest BCUT2D eigenvalue weighted by molar-refractivity contribution is 5.53. The number of nitrogens with zero attached hydrogens (tertiary/aromatic N) is 1. The van der Waals surface area contributed by atoms with E-state index in [1.165, 1.54) is 24.9 Å². The lowest BCUT2D eigenvalue weighted by Gasteiger charge is -2.34. The minimum atomic E-state index is 0.143. The Morgan fingerprint density at radius 2 is 1.94 bits per heavy atom. The van der Waals surface area contributed by atoms with Crippen molar-refractivity contribution < 1.29 is 5.11 Å². The zero-order valence-corrected chi connectivity index (χ0v) is 10.0. The van der Waals surface area contributed by atoms with Gasteiger partial charge in [-0.05, 0) is 24.8 Å². The van der Waals surface area contributed by atoms with E-state index in [-0.39, 0.29) is 6.61 Å². The molecule has 2 nitrogen and oxygen atoms in total. The molecule has 1 aromatic carbocycles. The van der Waals surface area contributed by atoms with Crippen LogP contribution in [0.2, 0.25) is 0 Å². The Morgan fingerprint density at radius 3 is 2.56 bits per heavy atom. The van der Waals surface area contributed by atoms with E-state index >= 15 is 0 Å². The first-order valence-electron chi connectivity index (χ1n) is 6.29. The fourth-order valence-corrected chi connectivity index (χ4v) is 2.54. The summed E-state index contributed by atoms with van der Waals surface area (Å²) in [5.74, 6) is 0.900. The van der Waals surface area contributed by atoms with Crippen molar-refractivity contribution in [2.24, 2.45) is 5.92 Å². The highest BCUT2D eigenvalue weighted by atomic mass is 16.3. The van der Waals surface area contributed by atoms with Gasteiger partial charge in [-0.2, -0.15) is 0 Å². The molecule has 0 aliphatic carbocycles. The van der Waals surface area contributed by atoms with Crippen LogP contribution in [-0.2, 0) is 6.61 Å². The van der Waals surface area contributed by atoms with Gasteiger partial charge in [-0.25, -0.2) is 0 Å². The standard InChI is InChI=1S/C14H21NO/c1-2-12-7-9-15(10-8-12)14-6-4-3-5-13(14)11-16/h3-6,12,16H,2,7-11H2,1H3. The maximum atomic E-state index is 9.32. The number of anilines is 1. The van der Waals surface area contributed by atoms with E-state index in [0.717, 1.165) is 24.6 Å². The molecular formula is C14H21NO. The summed E-state index contributed by atoms with van der Waals surface area (Å²) in [5, 5.41) is 9.32. The summed E-state index contributed by atoms with van der Waals surface area (Å²) >= 11 is 0. The second-order valence-electron chi connectivity index (χ2n) is 4.63. The molecule has 0 saturated carbocycles. The van der Waals surface area contributed by atoms with Crippen LogP contribution in [0.5, 0.6) is 0 Å². The molecule has 16 heavy (non-hydrogen) atoms. The Bertz CT molecular complexity index is 329. The summed E-state index contributed by atoms with van der Waals surface area (Å²) < 4.78 is 0. The second kappa shape index (κ2) is 5.35. The minimum absolute atomic E-state index is 0.143. The van der Waals surface area contributed by atoms with Gasteiger partial charge in [0.1, 0.15) is 0 Å². The van der Waals surface area contributed by atoms with E-state index < -0.39 is 0 Å². The fraction of sp³-hybridized carbons (Fsp3) is 0.571. The number of benzene rings is 1. The van der Waals surface area contributed by atoms with E-state index in [2.05, 4.69) is 24.0 Å². The van der Waals surface area contributed by atoms with Gasteiger partial charge in [-0.15, -0.1) is 0 Å². The zero-order valence-electron chi connectivity index (χ0n) is 10.0. The summed E-state index contributed by atoms with van der Waals surface area (Å²) in [6.07, 6.45) is 3.88. The maximum absolute atomic E-state index is 9.32. The largest absolute Gasteiger partial charge is 0.392 e. The number of rotatable bonds is 3. The summed E-state index contributed by atoms with van der Waals surface area (Å²) in [7, 11) is 0. The van der Waals surface area contributed by atoms with Gasteiger partial charge in [-0.3, -0.25) is 0 Å². The van der Waals surface area contributed by atoms with Crippen molar-refractivity contribution in [1.29, 1.82) is 0 Å². The van der Waals surface area contributed by atoms with E-state index in [4.69, 9.17) is 0 Å². The van der Waals surface area contributed by atoms with Crippen LogP contribution in [0.25, 0.3) is 0 Å². The Balaban J connectivity index is 2.07. The van der Waals surface area contributed by atoms with Gasteiger partial charge >= 0.3 is 0 Å². The van der Waals surface area contributed by atoms with Crippen LogP contribution < -0.4 is 4.90 Å². The van der Waals surface area contributed by atoms with Crippen molar-refractivity contribution in [1.82, 2.24) is 0 Å². The Kier molecular flexibility index (Phi) is 3.83. The quantitative estimate of drug-likeness (QED) is 0.845. The molecule has 1 aromatic rings. The van der Waals surface area contributed by atoms with Gasteiger partial charge in [0, 0.05) is 24.3 Å². The molecule has 0 atom stereocenters. The van der Waals surface area contributed by atoms with Gasteiger partial charge in [0.2, 0.25) is 0 Å². The average molecular weight is 219 g/mol. The first kappa shape index (κ1) is 11.5. The van der Waals surface area contributed by atoms with Crippen molar-refractivity contribution in [3.8, 4) is 0 Å². The molecule has 1 saturated heterocycles. The van der Waals surface area contributed by atoms with Crippen LogP contribution in [0.1, 0.15) is 31.7 Å². The Morgan fingerprint density at radius 1 is 1.25 bits per heavy atom. The molecule has 2 heteroatoms. The third kappa shape index (κ3) is 2.38. The predicted octanol–water partition coefficient (Wildman–Crippen LogP) is 2.81. The lowest BCUT2D eigenvalue weighted by atomic mass is 9.94. The molecule has 1 heterocycles.